The number of hydrazone groups is 1. The van der Waals surface area contributed by atoms with Gasteiger partial charge < -0.3 is 9.84 Å². The van der Waals surface area contributed by atoms with Crippen molar-refractivity contribution in [2.24, 2.45) is 5.10 Å². The van der Waals surface area contributed by atoms with Crippen LogP contribution >= 0.6 is 23.4 Å². The van der Waals surface area contributed by atoms with E-state index >= 15 is 0 Å². The Morgan fingerprint density at radius 1 is 1.16 bits per heavy atom. The first-order valence-electron chi connectivity index (χ1n) is 11.8. The molecule has 3 aromatic carbocycles. The summed E-state index contributed by atoms with van der Waals surface area (Å²) in [5.41, 5.74) is 5.38. The lowest BCUT2D eigenvalue weighted by Crippen LogP contribution is -2.20. The van der Waals surface area contributed by atoms with Crippen LogP contribution in [0.25, 0.3) is 17.1 Å². The Bertz CT molecular complexity index is 1440. The van der Waals surface area contributed by atoms with Gasteiger partial charge in [-0.1, -0.05) is 41.6 Å². The molecule has 1 heterocycles. The summed E-state index contributed by atoms with van der Waals surface area (Å²) in [5, 5.41) is 24.2. The maximum Gasteiger partial charge on any atom is 0.250 e. The number of phenols is 1. The maximum absolute atomic E-state index is 12.5. The molecule has 0 unspecified atom stereocenters. The minimum Gasteiger partial charge on any atom is -0.507 e. The van der Waals surface area contributed by atoms with Gasteiger partial charge in [-0.25, -0.2) is 5.43 Å². The second kappa shape index (κ2) is 12.9. The van der Waals surface area contributed by atoms with Crippen LogP contribution in [-0.4, -0.2) is 44.4 Å². The largest absolute Gasteiger partial charge is 0.507 e. The third-order valence-corrected chi connectivity index (χ3v) is 6.56. The molecule has 0 saturated carbocycles. The van der Waals surface area contributed by atoms with Crippen molar-refractivity contribution in [2.45, 2.75) is 18.5 Å². The van der Waals surface area contributed by atoms with Crippen molar-refractivity contribution >= 4 is 35.5 Å². The zero-order valence-corrected chi connectivity index (χ0v) is 22.2. The first-order chi connectivity index (χ1) is 18.5. The molecule has 8 nitrogen and oxygen atoms in total. The predicted octanol–water partition coefficient (Wildman–Crippen LogP) is 5.66. The van der Waals surface area contributed by atoms with Gasteiger partial charge in [-0.05, 0) is 73.5 Å². The van der Waals surface area contributed by atoms with Crippen molar-refractivity contribution in [3.63, 3.8) is 0 Å². The number of ether oxygens (including phenoxy) is 1. The molecule has 38 heavy (non-hydrogen) atoms. The average Bonchev–Trinajstić information content (AvgIpc) is 3.34. The van der Waals surface area contributed by atoms with Crippen LogP contribution in [0, 0.1) is 0 Å². The van der Waals surface area contributed by atoms with Gasteiger partial charge in [0.1, 0.15) is 11.5 Å². The van der Waals surface area contributed by atoms with Crippen molar-refractivity contribution in [3.8, 4) is 28.6 Å². The zero-order valence-electron chi connectivity index (χ0n) is 20.7. The number of aromatic hydroxyl groups is 1. The van der Waals surface area contributed by atoms with Gasteiger partial charge in [-0.15, -0.1) is 16.8 Å². The first kappa shape index (κ1) is 27.0. The number of nitrogens with one attached hydrogen (secondary N) is 1. The molecular formula is C28H26ClN5O3S. The fourth-order valence-corrected chi connectivity index (χ4v) is 4.48. The van der Waals surface area contributed by atoms with E-state index in [4.69, 9.17) is 16.3 Å². The van der Waals surface area contributed by atoms with Crippen molar-refractivity contribution in [3.05, 3.63) is 95.5 Å². The lowest BCUT2D eigenvalue weighted by molar-refractivity contribution is -0.118. The molecule has 0 saturated heterocycles. The second-order valence-electron chi connectivity index (χ2n) is 8.01. The number of amides is 1. The second-order valence-corrected chi connectivity index (χ2v) is 9.38. The molecule has 0 fully saturated rings. The standard InChI is InChI=1S/C28H26ClN5O3S/c1-3-6-19-7-5-8-21(26(19)36)17-30-31-25(35)18-38-28-33-32-27(20-9-11-22(29)12-10-20)34(28)23-13-15-24(16-14-23)37-4-2/h3,5,7-17,36H,1,4,6,18H2,2H3,(H,31,35)/b30-17+. The molecular weight excluding hydrogens is 522 g/mol. The van der Waals surface area contributed by atoms with Gasteiger partial charge in [0.15, 0.2) is 11.0 Å². The highest BCUT2D eigenvalue weighted by Gasteiger charge is 2.17. The van der Waals surface area contributed by atoms with Gasteiger partial charge in [-0.3, -0.25) is 9.36 Å². The third kappa shape index (κ3) is 6.62. The van der Waals surface area contributed by atoms with Gasteiger partial charge in [0, 0.05) is 21.8 Å². The first-order valence-corrected chi connectivity index (χ1v) is 13.2. The third-order valence-electron chi connectivity index (χ3n) is 5.38. The summed E-state index contributed by atoms with van der Waals surface area (Å²) in [7, 11) is 0. The number of carbonyl (C=O) groups excluding carboxylic acids is 1. The van der Waals surface area contributed by atoms with Crippen molar-refractivity contribution < 1.29 is 14.6 Å². The van der Waals surface area contributed by atoms with E-state index in [9.17, 15) is 9.90 Å². The van der Waals surface area contributed by atoms with E-state index < -0.39 is 0 Å². The SMILES string of the molecule is C=CCc1cccc(/C=N/NC(=O)CSc2nnc(-c3ccc(Cl)cc3)n2-c2ccc(OCC)cc2)c1O. The molecule has 4 aromatic rings. The summed E-state index contributed by atoms with van der Waals surface area (Å²) < 4.78 is 7.44. The summed E-state index contributed by atoms with van der Waals surface area (Å²) in [6, 6.07) is 20.2. The summed E-state index contributed by atoms with van der Waals surface area (Å²) in [6.45, 7) is 6.19. The van der Waals surface area contributed by atoms with Crippen LogP contribution in [0.15, 0.2) is 89.6 Å². The lowest BCUT2D eigenvalue weighted by Gasteiger charge is -2.11. The Morgan fingerprint density at radius 2 is 1.92 bits per heavy atom. The number of benzene rings is 3. The maximum atomic E-state index is 12.5. The number of thioether (sulfide) groups is 1. The summed E-state index contributed by atoms with van der Waals surface area (Å²) in [5.74, 6) is 1.20. The number of halogens is 1. The molecule has 2 N–H and O–H groups in total. The summed E-state index contributed by atoms with van der Waals surface area (Å²) in [6.07, 6.45) is 3.65. The number of hydrogen-bond acceptors (Lipinski definition) is 7. The van der Waals surface area contributed by atoms with Crippen LogP contribution < -0.4 is 10.2 Å². The van der Waals surface area contributed by atoms with Gasteiger partial charge >= 0.3 is 0 Å². The monoisotopic (exact) mass is 547 g/mol. The molecule has 4 rings (SSSR count). The Kier molecular flexibility index (Phi) is 9.18. The lowest BCUT2D eigenvalue weighted by atomic mass is 10.1. The molecule has 1 aromatic heterocycles. The number of phenolic OH excluding ortho intramolecular Hbond substituents is 1. The Balaban J connectivity index is 1.50. The minimum absolute atomic E-state index is 0.0512. The smallest absolute Gasteiger partial charge is 0.250 e. The average molecular weight is 548 g/mol. The molecule has 10 heteroatoms. The molecule has 0 spiro atoms. The van der Waals surface area contributed by atoms with Gasteiger partial charge in [0.05, 0.1) is 18.6 Å². The molecule has 0 aliphatic carbocycles. The fourth-order valence-electron chi connectivity index (χ4n) is 3.61. The molecule has 0 atom stereocenters. The van der Waals surface area contributed by atoms with Crippen LogP contribution in [-0.2, 0) is 11.2 Å². The molecule has 0 aliphatic heterocycles. The Morgan fingerprint density at radius 3 is 2.63 bits per heavy atom. The number of para-hydroxylation sites is 1. The quantitative estimate of drug-likeness (QED) is 0.109. The van der Waals surface area contributed by atoms with Crippen LogP contribution in [0.1, 0.15) is 18.1 Å². The van der Waals surface area contributed by atoms with Crippen molar-refractivity contribution in [1.82, 2.24) is 20.2 Å². The van der Waals surface area contributed by atoms with E-state index in [0.717, 1.165) is 22.6 Å². The fraction of sp³-hybridized carbons (Fsp3) is 0.143. The van der Waals surface area contributed by atoms with E-state index in [1.165, 1.54) is 18.0 Å². The normalized spacial score (nSPS) is 11.0. The minimum atomic E-state index is -0.331. The highest BCUT2D eigenvalue weighted by Crippen LogP contribution is 2.29. The van der Waals surface area contributed by atoms with Gasteiger partial charge in [0.2, 0.25) is 0 Å². The number of carbonyl (C=O) groups is 1. The van der Waals surface area contributed by atoms with E-state index in [1.54, 1.807) is 24.3 Å². The Hall–Kier alpha value is -4.08. The molecule has 0 radical (unpaired) electrons. The topological polar surface area (TPSA) is 102 Å². The predicted molar refractivity (Wildman–Crippen MR) is 151 cm³/mol. The van der Waals surface area contributed by atoms with Gasteiger partial charge in [-0.2, -0.15) is 5.10 Å². The summed E-state index contributed by atoms with van der Waals surface area (Å²) in [4.78, 5) is 12.5. The van der Waals surface area contributed by atoms with Crippen LogP contribution in [0.5, 0.6) is 11.5 Å². The number of allylic oxidation sites excluding steroid dienone is 1. The highest BCUT2D eigenvalue weighted by molar-refractivity contribution is 7.99. The number of hydrogen-bond donors (Lipinski definition) is 2. The van der Waals surface area contributed by atoms with Crippen molar-refractivity contribution in [1.29, 1.82) is 0 Å². The number of nitrogens with zero attached hydrogens (tertiary/aromatic N) is 4. The Labute approximate surface area is 230 Å². The summed E-state index contributed by atoms with van der Waals surface area (Å²) >= 11 is 7.30. The van der Waals surface area contributed by atoms with Crippen LogP contribution in [0.4, 0.5) is 0 Å². The molecule has 1 amide bonds. The van der Waals surface area contributed by atoms with Crippen LogP contribution in [0.3, 0.4) is 0 Å². The highest BCUT2D eigenvalue weighted by atomic mass is 35.5. The molecule has 0 bridgehead atoms. The van der Waals surface area contributed by atoms with Gasteiger partial charge in [0.25, 0.3) is 5.91 Å². The van der Waals surface area contributed by atoms with E-state index in [2.05, 4.69) is 27.3 Å². The van der Waals surface area contributed by atoms with E-state index in [0.29, 0.717) is 34.6 Å². The molecule has 0 aliphatic rings. The van der Waals surface area contributed by atoms with E-state index in [1.807, 2.05) is 60.0 Å². The number of rotatable bonds is 11. The van der Waals surface area contributed by atoms with E-state index in [-0.39, 0.29) is 17.4 Å². The van der Waals surface area contributed by atoms with Crippen molar-refractivity contribution in [2.75, 3.05) is 12.4 Å². The molecule has 194 valence electrons. The zero-order chi connectivity index (χ0) is 26.9. The number of aromatic nitrogens is 3. The van der Waals surface area contributed by atoms with Crippen LogP contribution in [0.2, 0.25) is 5.02 Å².